The lowest BCUT2D eigenvalue weighted by atomic mass is 10.0. The van der Waals surface area contributed by atoms with Crippen molar-refractivity contribution in [2.75, 3.05) is 39.5 Å². The Hall–Kier alpha value is -3.20. The van der Waals surface area contributed by atoms with E-state index in [4.69, 9.17) is 18.9 Å². The molecule has 1 fully saturated rings. The van der Waals surface area contributed by atoms with E-state index in [1.165, 1.54) is 0 Å². The predicted octanol–water partition coefficient (Wildman–Crippen LogP) is 4.82. The van der Waals surface area contributed by atoms with Crippen molar-refractivity contribution in [1.82, 2.24) is 4.90 Å². The van der Waals surface area contributed by atoms with Gasteiger partial charge in [0.05, 0.1) is 19.3 Å². The molecule has 0 aromatic heterocycles. The summed E-state index contributed by atoms with van der Waals surface area (Å²) in [5.74, 6) is 0.600. The number of benzene rings is 2. The number of hydrogen-bond donors (Lipinski definition) is 1. The number of cyclic esters (lactones) is 1. The van der Waals surface area contributed by atoms with Crippen LogP contribution in [0, 0.1) is 0 Å². The molecule has 1 saturated heterocycles. The molecule has 1 N–H and O–H groups in total. The summed E-state index contributed by atoms with van der Waals surface area (Å²) in [6.45, 7) is 5.47. The summed E-state index contributed by atoms with van der Waals surface area (Å²) in [6.07, 6.45) is 6.52. The molecule has 2 heterocycles. The van der Waals surface area contributed by atoms with Gasteiger partial charge in [-0.1, -0.05) is 42.5 Å². The van der Waals surface area contributed by atoms with Gasteiger partial charge in [0.2, 0.25) is 0 Å². The van der Waals surface area contributed by atoms with Crippen molar-refractivity contribution in [3.05, 3.63) is 65.2 Å². The molecule has 0 amide bonds. The van der Waals surface area contributed by atoms with Gasteiger partial charge in [0.1, 0.15) is 42.2 Å². The Bertz CT molecular complexity index is 1130. The number of esters is 1. The van der Waals surface area contributed by atoms with E-state index in [0.29, 0.717) is 81.1 Å². The molecule has 2 aromatic carbocycles. The molecular weight excluding hydrogens is 510 g/mol. The van der Waals surface area contributed by atoms with E-state index in [1.807, 2.05) is 55.5 Å². The summed E-state index contributed by atoms with van der Waals surface area (Å²) in [5, 5.41) is 10.7. The van der Waals surface area contributed by atoms with Crippen LogP contribution in [-0.4, -0.2) is 73.4 Å². The van der Waals surface area contributed by atoms with Crippen LogP contribution in [0.4, 0.5) is 0 Å². The number of carbonyl (C=O) groups excluding carboxylic acids is 2. The van der Waals surface area contributed by atoms with E-state index in [1.54, 1.807) is 6.07 Å². The second kappa shape index (κ2) is 15.6. The van der Waals surface area contributed by atoms with Gasteiger partial charge in [0, 0.05) is 38.5 Å². The molecule has 8 nitrogen and oxygen atoms in total. The number of aliphatic hydroxyl groups is 1. The van der Waals surface area contributed by atoms with Crippen molar-refractivity contribution in [2.45, 2.75) is 64.3 Å². The summed E-state index contributed by atoms with van der Waals surface area (Å²) in [4.78, 5) is 27.8. The molecule has 2 atom stereocenters. The molecule has 0 bridgehead atoms. The van der Waals surface area contributed by atoms with Crippen LogP contribution in [0.3, 0.4) is 0 Å². The zero-order valence-electron chi connectivity index (χ0n) is 23.4. The predicted molar refractivity (Wildman–Crippen MR) is 153 cm³/mol. The van der Waals surface area contributed by atoms with E-state index in [-0.39, 0.29) is 18.5 Å². The lowest BCUT2D eigenvalue weighted by Crippen LogP contribution is -2.42. The Kier molecular flexibility index (Phi) is 11.6. The number of nitrogens with zero attached hydrogens (tertiary/aromatic N) is 1. The van der Waals surface area contributed by atoms with Gasteiger partial charge in [0.15, 0.2) is 0 Å². The number of rotatable bonds is 8. The number of allylic oxidation sites excluding steroid dienone is 1. The molecule has 2 aromatic rings. The molecule has 40 heavy (non-hydrogen) atoms. The highest BCUT2D eigenvalue weighted by molar-refractivity contribution is 5.97. The number of β-amino-alcohol motifs (C(OH)–C–C–N with tert-alkyl or cyclic N) is 1. The summed E-state index contributed by atoms with van der Waals surface area (Å²) in [5.41, 5.74) is 1.94. The topological polar surface area (TPSA) is 94.5 Å². The minimum Gasteiger partial charge on any atom is -0.490 e. The maximum absolute atomic E-state index is 13.5. The highest BCUT2D eigenvalue weighted by Gasteiger charge is 2.24. The third kappa shape index (κ3) is 9.47. The normalized spacial score (nSPS) is 21.0. The second-order valence-corrected chi connectivity index (χ2v) is 10.5. The average molecular weight is 552 g/mol. The lowest BCUT2D eigenvalue weighted by Gasteiger charge is -2.28. The van der Waals surface area contributed by atoms with Gasteiger partial charge in [-0.15, -0.1) is 0 Å². The Morgan fingerprint density at radius 3 is 2.62 bits per heavy atom. The van der Waals surface area contributed by atoms with Crippen LogP contribution in [0.25, 0.3) is 6.08 Å². The summed E-state index contributed by atoms with van der Waals surface area (Å²) >= 11 is 0. The monoisotopic (exact) mass is 551 g/mol. The van der Waals surface area contributed by atoms with Crippen molar-refractivity contribution in [3.63, 3.8) is 0 Å². The van der Waals surface area contributed by atoms with E-state index >= 15 is 0 Å². The fraction of sp³-hybridized carbons (Fsp3) is 0.500. The van der Waals surface area contributed by atoms with Gasteiger partial charge in [-0.2, -0.15) is 0 Å². The van der Waals surface area contributed by atoms with Crippen LogP contribution in [0.1, 0.15) is 66.9 Å². The minimum atomic E-state index is -0.746. The summed E-state index contributed by atoms with van der Waals surface area (Å²) in [6, 6.07) is 13.3. The molecule has 0 radical (unpaired) electrons. The SMILES string of the molecule is C[C@H]1CCCC(=O)CCC/C=C/c2cc(OCc3ccccc3)cc(OC[C@H](O)CN3CCOCC3)c2C(=O)O1. The highest BCUT2D eigenvalue weighted by atomic mass is 16.5. The van der Waals surface area contributed by atoms with E-state index in [0.717, 1.165) is 25.1 Å². The zero-order chi connectivity index (χ0) is 28.2. The number of aliphatic hydroxyl groups excluding tert-OH is 1. The van der Waals surface area contributed by atoms with Crippen molar-refractivity contribution in [2.24, 2.45) is 0 Å². The third-order valence-corrected chi connectivity index (χ3v) is 7.06. The van der Waals surface area contributed by atoms with E-state index < -0.39 is 12.1 Å². The quantitative estimate of drug-likeness (QED) is 0.467. The minimum absolute atomic E-state index is 0.0145. The van der Waals surface area contributed by atoms with Gasteiger partial charge < -0.3 is 24.1 Å². The van der Waals surface area contributed by atoms with Crippen molar-refractivity contribution >= 4 is 17.8 Å². The molecule has 0 unspecified atom stereocenters. The largest absolute Gasteiger partial charge is 0.490 e. The number of Topliss-reactive ketones (excluding diaryl/α,β-unsaturated/α-hetero) is 1. The van der Waals surface area contributed by atoms with Crippen molar-refractivity contribution in [1.29, 1.82) is 0 Å². The molecule has 0 aliphatic carbocycles. The first-order chi connectivity index (χ1) is 19.5. The van der Waals surface area contributed by atoms with Crippen LogP contribution in [0.5, 0.6) is 11.5 Å². The number of ketones is 1. The third-order valence-electron chi connectivity index (χ3n) is 7.06. The van der Waals surface area contributed by atoms with E-state index in [2.05, 4.69) is 4.90 Å². The highest BCUT2D eigenvalue weighted by Crippen LogP contribution is 2.32. The first kappa shape index (κ1) is 29.8. The fourth-order valence-corrected chi connectivity index (χ4v) is 4.86. The summed E-state index contributed by atoms with van der Waals surface area (Å²) < 4.78 is 23.4. The Morgan fingerprint density at radius 1 is 1.05 bits per heavy atom. The zero-order valence-corrected chi connectivity index (χ0v) is 23.4. The van der Waals surface area contributed by atoms with Crippen LogP contribution < -0.4 is 9.47 Å². The number of ether oxygens (including phenoxy) is 4. The second-order valence-electron chi connectivity index (χ2n) is 10.5. The molecule has 0 saturated carbocycles. The molecule has 8 heteroatoms. The number of fused-ring (bicyclic) bond motifs is 1. The Balaban J connectivity index is 1.60. The van der Waals surface area contributed by atoms with Gasteiger partial charge in [-0.05, 0) is 49.8 Å². The Labute approximate surface area is 236 Å². The summed E-state index contributed by atoms with van der Waals surface area (Å²) in [7, 11) is 0. The van der Waals surface area contributed by atoms with Crippen LogP contribution in [0.2, 0.25) is 0 Å². The average Bonchev–Trinajstić information content (AvgIpc) is 2.95. The maximum atomic E-state index is 13.5. The molecule has 2 aliphatic rings. The van der Waals surface area contributed by atoms with Crippen LogP contribution in [-0.2, 0) is 20.9 Å². The van der Waals surface area contributed by atoms with Gasteiger partial charge >= 0.3 is 5.97 Å². The van der Waals surface area contributed by atoms with Crippen molar-refractivity contribution in [3.8, 4) is 11.5 Å². The molecule has 2 aliphatic heterocycles. The van der Waals surface area contributed by atoms with Crippen LogP contribution >= 0.6 is 0 Å². The molecule has 0 spiro atoms. The van der Waals surface area contributed by atoms with Crippen LogP contribution in [0.15, 0.2) is 48.5 Å². The van der Waals surface area contributed by atoms with Gasteiger partial charge in [-0.3, -0.25) is 9.69 Å². The number of carbonyl (C=O) groups is 2. The molecule has 4 rings (SSSR count). The first-order valence-corrected chi connectivity index (χ1v) is 14.3. The maximum Gasteiger partial charge on any atom is 0.342 e. The molecule has 216 valence electrons. The first-order valence-electron chi connectivity index (χ1n) is 14.3. The Morgan fingerprint density at radius 2 is 1.82 bits per heavy atom. The van der Waals surface area contributed by atoms with Gasteiger partial charge in [-0.25, -0.2) is 4.79 Å². The number of morpholine rings is 1. The number of hydrogen-bond acceptors (Lipinski definition) is 8. The smallest absolute Gasteiger partial charge is 0.342 e. The standard InChI is InChI=1S/C32H41NO7/c1-24-9-8-14-27(34)13-7-3-6-12-26-19-29(38-22-25-10-4-2-5-11-25)20-30(31(26)32(36)40-24)39-23-28(35)21-33-15-17-37-18-16-33/h2,4-6,10-12,19-20,24,28,35H,3,7-9,13-18,21-23H2,1H3/b12-6+/t24-,28+/m0/s1. The van der Waals surface area contributed by atoms with Gasteiger partial charge in [0.25, 0.3) is 0 Å². The lowest BCUT2D eigenvalue weighted by molar-refractivity contribution is -0.119. The fourth-order valence-electron chi connectivity index (χ4n) is 4.86. The van der Waals surface area contributed by atoms with Crippen molar-refractivity contribution < 1.29 is 33.6 Å². The van der Waals surface area contributed by atoms with E-state index in [9.17, 15) is 14.7 Å². The molecular formula is C32H41NO7.